The minimum absolute atomic E-state index is 0.103. The maximum absolute atomic E-state index is 11.8. The number of methoxy groups -OCH3 is 1. The number of carboxylic acid groups (broad SMARTS) is 1. The first-order valence-corrected chi connectivity index (χ1v) is 6.25. The average molecular weight is 272 g/mol. The third-order valence-electron chi connectivity index (χ3n) is 3.34. The molecule has 108 valence electrons. The number of rotatable bonds is 5. The Morgan fingerprint density at radius 2 is 2.05 bits per heavy atom. The minimum atomic E-state index is -0.809. The lowest BCUT2D eigenvalue weighted by Crippen LogP contribution is -2.43. The summed E-state index contributed by atoms with van der Waals surface area (Å²) in [6, 6.07) is -0.394. The number of urea groups is 1. The second-order valence-electron chi connectivity index (χ2n) is 4.74. The third-order valence-corrected chi connectivity index (χ3v) is 3.34. The summed E-state index contributed by atoms with van der Waals surface area (Å²) in [6.07, 6.45) is 1.87. The van der Waals surface area contributed by atoms with Gasteiger partial charge in [-0.3, -0.25) is 9.59 Å². The van der Waals surface area contributed by atoms with E-state index in [0.717, 1.165) is 0 Å². The van der Waals surface area contributed by atoms with Crippen molar-refractivity contribution in [2.45, 2.75) is 31.7 Å². The zero-order chi connectivity index (χ0) is 14.4. The van der Waals surface area contributed by atoms with Crippen LogP contribution in [0, 0.1) is 5.92 Å². The van der Waals surface area contributed by atoms with Crippen LogP contribution < -0.4 is 5.32 Å². The molecule has 0 radical (unpaired) electrons. The summed E-state index contributed by atoms with van der Waals surface area (Å²) in [5.74, 6) is -1.55. The van der Waals surface area contributed by atoms with Crippen molar-refractivity contribution in [1.29, 1.82) is 0 Å². The molecule has 0 aromatic heterocycles. The van der Waals surface area contributed by atoms with Gasteiger partial charge >= 0.3 is 18.0 Å². The number of carbonyl (C=O) groups is 3. The molecule has 0 aromatic carbocycles. The van der Waals surface area contributed by atoms with Crippen molar-refractivity contribution >= 4 is 18.0 Å². The van der Waals surface area contributed by atoms with Gasteiger partial charge in [0.1, 0.15) is 0 Å². The molecule has 0 aliphatic heterocycles. The Labute approximate surface area is 111 Å². The summed E-state index contributed by atoms with van der Waals surface area (Å²) in [5, 5.41) is 11.6. The van der Waals surface area contributed by atoms with Gasteiger partial charge in [-0.05, 0) is 19.3 Å². The topological polar surface area (TPSA) is 95.9 Å². The van der Waals surface area contributed by atoms with Gasteiger partial charge in [0.2, 0.25) is 0 Å². The number of aliphatic carboxylic acids is 1. The predicted octanol–water partition coefficient (Wildman–Crippen LogP) is 0.444. The second-order valence-corrected chi connectivity index (χ2v) is 4.74. The molecule has 1 saturated carbocycles. The van der Waals surface area contributed by atoms with E-state index in [1.165, 1.54) is 12.0 Å². The van der Waals surface area contributed by atoms with Crippen LogP contribution in [-0.2, 0) is 14.3 Å². The number of nitrogens with zero attached hydrogens (tertiary/aromatic N) is 1. The van der Waals surface area contributed by atoms with Gasteiger partial charge in [-0.2, -0.15) is 0 Å². The fourth-order valence-electron chi connectivity index (χ4n) is 2.08. The molecule has 0 unspecified atom stereocenters. The van der Waals surface area contributed by atoms with Crippen LogP contribution in [0.15, 0.2) is 0 Å². The van der Waals surface area contributed by atoms with Crippen LogP contribution in [-0.4, -0.2) is 54.7 Å². The summed E-state index contributed by atoms with van der Waals surface area (Å²) in [7, 11) is 2.88. The molecule has 7 nitrogen and oxygen atoms in total. The van der Waals surface area contributed by atoms with E-state index < -0.39 is 5.97 Å². The first kappa shape index (κ1) is 15.3. The molecule has 2 N–H and O–H groups in total. The summed E-state index contributed by atoms with van der Waals surface area (Å²) in [4.78, 5) is 34.9. The van der Waals surface area contributed by atoms with Gasteiger partial charge in [-0.15, -0.1) is 0 Å². The zero-order valence-corrected chi connectivity index (χ0v) is 11.2. The van der Waals surface area contributed by atoms with E-state index in [0.29, 0.717) is 19.3 Å². The summed E-state index contributed by atoms with van der Waals surface area (Å²) in [5.41, 5.74) is 0. The summed E-state index contributed by atoms with van der Waals surface area (Å²) < 4.78 is 4.49. The number of carbonyl (C=O) groups excluding carboxylic acids is 2. The Bertz CT molecular complexity index is 358. The highest BCUT2D eigenvalue weighted by atomic mass is 16.5. The quantitative estimate of drug-likeness (QED) is 0.708. The molecular formula is C12H20N2O5. The monoisotopic (exact) mass is 272 g/mol. The van der Waals surface area contributed by atoms with Crippen molar-refractivity contribution < 1.29 is 24.2 Å². The van der Waals surface area contributed by atoms with E-state index in [9.17, 15) is 14.4 Å². The molecule has 1 aliphatic rings. The van der Waals surface area contributed by atoms with E-state index in [4.69, 9.17) is 5.11 Å². The molecule has 1 rings (SSSR count). The fourth-order valence-corrected chi connectivity index (χ4v) is 2.08. The molecule has 0 saturated heterocycles. The predicted molar refractivity (Wildman–Crippen MR) is 66.6 cm³/mol. The average Bonchev–Trinajstić information content (AvgIpc) is 2.83. The van der Waals surface area contributed by atoms with Gasteiger partial charge in [-0.25, -0.2) is 4.79 Å². The van der Waals surface area contributed by atoms with E-state index in [1.807, 2.05) is 0 Å². The van der Waals surface area contributed by atoms with E-state index in [1.54, 1.807) is 7.05 Å². The maximum atomic E-state index is 11.8. The second kappa shape index (κ2) is 6.96. The van der Waals surface area contributed by atoms with Crippen LogP contribution in [0.25, 0.3) is 0 Å². The number of carboxylic acids is 1. The number of ether oxygens (including phenoxy) is 1. The lowest BCUT2D eigenvalue weighted by atomic mass is 10.1. The minimum Gasteiger partial charge on any atom is -0.481 e. The van der Waals surface area contributed by atoms with Crippen LogP contribution >= 0.6 is 0 Å². The first-order valence-electron chi connectivity index (χ1n) is 6.25. The lowest BCUT2D eigenvalue weighted by Gasteiger charge is -2.20. The number of hydrogen-bond acceptors (Lipinski definition) is 4. The number of amides is 2. The van der Waals surface area contributed by atoms with Crippen molar-refractivity contribution in [3.8, 4) is 0 Å². The highest BCUT2D eigenvalue weighted by molar-refractivity contribution is 5.76. The standard InChI is InChI=1S/C12H20N2O5/c1-14(6-5-10(15)19-2)12(18)13-9-4-3-8(7-9)11(16)17/h8-9H,3-7H2,1-2H3,(H,13,18)(H,16,17)/t8-,9+/m1/s1. The zero-order valence-electron chi connectivity index (χ0n) is 11.2. The van der Waals surface area contributed by atoms with Gasteiger partial charge in [0.25, 0.3) is 0 Å². The molecule has 19 heavy (non-hydrogen) atoms. The Morgan fingerprint density at radius 3 is 2.58 bits per heavy atom. The lowest BCUT2D eigenvalue weighted by molar-refractivity contribution is -0.142. The van der Waals surface area contributed by atoms with Crippen molar-refractivity contribution in [3.63, 3.8) is 0 Å². The number of nitrogens with one attached hydrogen (secondary N) is 1. The van der Waals surface area contributed by atoms with Crippen LogP contribution in [0.3, 0.4) is 0 Å². The maximum Gasteiger partial charge on any atom is 0.317 e. The molecular weight excluding hydrogens is 252 g/mol. The number of esters is 1. The molecule has 1 fully saturated rings. The molecule has 0 spiro atoms. The van der Waals surface area contributed by atoms with Gasteiger partial charge in [0.05, 0.1) is 19.4 Å². The SMILES string of the molecule is COC(=O)CCN(C)C(=O)N[C@H]1CC[C@@H](C(=O)O)C1. The summed E-state index contributed by atoms with van der Waals surface area (Å²) >= 11 is 0. The Hall–Kier alpha value is -1.79. The van der Waals surface area contributed by atoms with Gasteiger partial charge in [0, 0.05) is 19.6 Å². The van der Waals surface area contributed by atoms with Gasteiger partial charge < -0.3 is 20.1 Å². The smallest absolute Gasteiger partial charge is 0.317 e. The van der Waals surface area contributed by atoms with Crippen molar-refractivity contribution in [2.24, 2.45) is 5.92 Å². The van der Waals surface area contributed by atoms with Gasteiger partial charge in [0.15, 0.2) is 0 Å². The Kier molecular flexibility index (Phi) is 5.59. The summed E-state index contributed by atoms with van der Waals surface area (Å²) in [6.45, 7) is 0.271. The van der Waals surface area contributed by atoms with E-state index in [2.05, 4.69) is 10.1 Å². The Morgan fingerprint density at radius 1 is 1.37 bits per heavy atom. The fraction of sp³-hybridized carbons (Fsp3) is 0.750. The normalized spacial score (nSPS) is 21.8. The van der Waals surface area contributed by atoms with Crippen molar-refractivity contribution in [2.75, 3.05) is 20.7 Å². The van der Waals surface area contributed by atoms with Gasteiger partial charge in [-0.1, -0.05) is 0 Å². The van der Waals surface area contributed by atoms with Crippen LogP contribution in [0.5, 0.6) is 0 Å². The van der Waals surface area contributed by atoms with Crippen LogP contribution in [0.2, 0.25) is 0 Å². The van der Waals surface area contributed by atoms with Crippen LogP contribution in [0.1, 0.15) is 25.7 Å². The van der Waals surface area contributed by atoms with E-state index >= 15 is 0 Å². The van der Waals surface area contributed by atoms with Crippen LogP contribution in [0.4, 0.5) is 4.79 Å². The molecule has 0 bridgehead atoms. The van der Waals surface area contributed by atoms with E-state index in [-0.39, 0.29) is 36.9 Å². The molecule has 2 amide bonds. The Balaban J connectivity index is 2.31. The highest BCUT2D eigenvalue weighted by Crippen LogP contribution is 2.25. The molecule has 0 heterocycles. The first-order chi connectivity index (χ1) is 8.93. The van der Waals surface area contributed by atoms with Crippen molar-refractivity contribution in [1.82, 2.24) is 10.2 Å². The highest BCUT2D eigenvalue weighted by Gasteiger charge is 2.30. The largest absolute Gasteiger partial charge is 0.481 e. The molecule has 2 atom stereocenters. The molecule has 0 aromatic rings. The number of hydrogen-bond donors (Lipinski definition) is 2. The third kappa shape index (κ3) is 4.76. The molecule has 7 heteroatoms. The van der Waals surface area contributed by atoms with Crippen molar-refractivity contribution in [3.05, 3.63) is 0 Å². The molecule has 1 aliphatic carbocycles.